The van der Waals surface area contributed by atoms with Crippen LogP contribution in [0.3, 0.4) is 0 Å². The Bertz CT molecular complexity index is 589. The zero-order chi connectivity index (χ0) is 14.0. The Labute approximate surface area is 115 Å². The van der Waals surface area contributed by atoms with E-state index in [2.05, 4.69) is 26.8 Å². The Balaban J connectivity index is 2.48. The average Bonchev–Trinajstić information content (AvgIpc) is 2.38. The van der Waals surface area contributed by atoms with Crippen molar-refractivity contribution in [3.05, 3.63) is 70.8 Å². The van der Waals surface area contributed by atoms with Crippen LogP contribution in [0.25, 0.3) is 0 Å². The highest BCUT2D eigenvalue weighted by Crippen LogP contribution is 2.25. The van der Waals surface area contributed by atoms with Gasteiger partial charge in [-0.05, 0) is 29.5 Å². The van der Waals surface area contributed by atoms with Crippen LogP contribution in [0.15, 0.2) is 48.5 Å². The molecule has 0 saturated heterocycles. The van der Waals surface area contributed by atoms with E-state index in [1.807, 2.05) is 49.4 Å². The Morgan fingerprint density at radius 3 is 2.16 bits per heavy atom. The van der Waals surface area contributed by atoms with Crippen LogP contribution in [0.1, 0.15) is 47.8 Å². The highest BCUT2D eigenvalue weighted by molar-refractivity contribution is 6.10. The molecular weight excluding hydrogens is 232 g/mol. The summed E-state index contributed by atoms with van der Waals surface area (Å²) in [6.45, 7) is 8.47. The molecule has 0 atom stereocenters. The maximum atomic E-state index is 12.5. The molecule has 0 aliphatic carbocycles. The van der Waals surface area contributed by atoms with E-state index in [1.54, 1.807) is 0 Å². The molecule has 1 heteroatoms. The van der Waals surface area contributed by atoms with E-state index in [-0.39, 0.29) is 11.2 Å². The van der Waals surface area contributed by atoms with Gasteiger partial charge in [-0.1, -0.05) is 63.2 Å². The van der Waals surface area contributed by atoms with Gasteiger partial charge in [-0.15, -0.1) is 0 Å². The van der Waals surface area contributed by atoms with E-state index in [0.29, 0.717) is 0 Å². The van der Waals surface area contributed by atoms with Gasteiger partial charge < -0.3 is 0 Å². The summed E-state index contributed by atoms with van der Waals surface area (Å²) in [5.74, 6) is 0.101. The van der Waals surface area contributed by atoms with Crippen LogP contribution in [0.5, 0.6) is 0 Å². The van der Waals surface area contributed by atoms with Crippen molar-refractivity contribution in [3.63, 3.8) is 0 Å². The van der Waals surface area contributed by atoms with Crippen LogP contribution < -0.4 is 0 Å². The van der Waals surface area contributed by atoms with Gasteiger partial charge in [0.05, 0.1) is 0 Å². The molecule has 0 heterocycles. The Hall–Kier alpha value is -1.89. The first-order valence-electron chi connectivity index (χ1n) is 6.60. The van der Waals surface area contributed by atoms with E-state index >= 15 is 0 Å². The third kappa shape index (κ3) is 2.93. The molecule has 0 saturated carbocycles. The van der Waals surface area contributed by atoms with Crippen molar-refractivity contribution < 1.29 is 4.79 Å². The third-order valence-corrected chi connectivity index (χ3v) is 3.38. The molecule has 0 bridgehead atoms. The lowest BCUT2D eigenvalue weighted by Crippen LogP contribution is -2.13. The number of aryl methyl sites for hydroxylation is 1. The first-order valence-corrected chi connectivity index (χ1v) is 6.60. The van der Waals surface area contributed by atoms with Gasteiger partial charge in [0.25, 0.3) is 0 Å². The molecule has 0 unspecified atom stereocenters. The largest absolute Gasteiger partial charge is 0.289 e. The molecule has 0 radical (unpaired) electrons. The topological polar surface area (TPSA) is 17.1 Å². The van der Waals surface area contributed by atoms with Crippen molar-refractivity contribution in [3.8, 4) is 0 Å². The fourth-order valence-electron chi connectivity index (χ4n) is 2.08. The van der Waals surface area contributed by atoms with E-state index in [1.165, 1.54) is 5.56 Å². The standard InChI is InChI=1S/C18H20O/c1-13-10-11-15(18(2,3)4)12-16(13)17(19)14-8-6-5-7-9-14/h5-12H,1-4H3. The minimum Gasteiger partial charge on any atom is -0.289 e. The first kappa shape index (κ1) is 13.5. The smallest absolute Gasteiger partial charge is 0.193 e. The predicted molar refractivity (Wildman–Crippen MR) is 79.8 cm³/mol. The summed E-state index contributed by atoms with van der Waals surface area (Å²) >= 11 is 0. The minimum absolute atomic E-state index is 0.0550. The predicted octanol–water partition coefficient (Wildman–Crippen LogP) is 4.52. The van der Waals surface area contributed by atoms with Gasteiger partial charge in [0, 0.05) is 11.1 Å². The van der Waals surface area contributed by atoms with Crippen molar-refractivity contribution in [1.29, 1.82) is 0 Å². The normalized spacial score (nSPS) is 11.4. The molecule has 2 aromatic carbocycles. The summed E-state index contributed by atoms with van der Waals surface area (Å²) in [6, 6.07) is 15.6. The molecular formula is C18H20O. The van der Waals surface area contributed by atoms with E-state index in [9.17, 15) is 4.79 Å². The summed E-state index contributed by atoms with van der Waals surface area (Å²) in [5.41, 5.74) is 3.83. The molecule has 1 nitrogen and oxygen atoms in total. The van der Waals surface area contributed by atoms with Crippen LogP contribution >= 0.6 is 0 Å². The SMILES string of the molecule is Cc1ccc(C(C)(C)C)cc1C(=O)c1ccccc1. The first-order chi connectivity index (χ1) is 8.89. The van der Waals surface area contributed by atoms with Gasteiger partial charge >= 0.3 is 0 Å². The lowest BCUT2D eigenvalue weighted by Gasteiger charge is -2.20. The summed E-state index contributed by atoms with van der Waals surface area (Å²) in [4.78, 5) is 12.5. The molecule has 19 heavy (non-hydrogen) atoms. The molecule has 2 aromatic rings. The zero-order valence-corrected chi connectivity index (χ0v) is 12.0. The quantitative estimate of drug-likeness (QED) is 0.718. The molecule has 2 rings (SSSR count). The van der Waals surface area contributed by atoms with Crippen LogP contribution in [0, 0.1) is 6.92 Å². The van der Waals surface area contributed by atoms with Crippen LogP contribution in [-0.2, 0) is 5.41 Å². The van der Waals surface area contributed by atoms with Gasteiger partial charge in [-0.3, -0.25) is 4.79 Å². The van der Waals surface area contributed by atoms with Gasteiger partial charge in [-0.25, -0.2) is 0 Å². The van der Waals surface area contributed by atoms with E-state index < -0.39 is 0 Å². The number of carbonyl (C=O) groups excluding carboxylic acids is 1. The molecule has 98 valence electrons. The highest BCUT2D eigenvalue weighted by atomic mass is 16.1. The van der Waals surface area contributed by atoms with Crippen molar-refractivity contribution in [2.75, 3.05) is 0 Å². The Morgan fingerprint density at radius 2 is 1.58 bits per heavy atom. The minimum atomic E-state index is 0.0550. The second-order valence-electron chi connectivity index (χ2n) is 5.97. The number of ketones is 1. The van der Waals surface area contributed by atoms with Gasteiger partial charge in [0.2, 0.25) is 0 Å². The maximum absolute atomic E-state index is 12.5. The monoisotopic (exact) mass is 252 g/mol. The maximum Gasteiger partial charge on any atom is 0.193 e. The lowest BCUT2D eigenvalue weighted by atomic mass is 9.84. The van der Waals surface area contributed by atoms with E-state index in [4.69, 9.17) is 0 Å². The fraction of sp³-hybridized carbons (Fsp3) is 0.278. The summed E-state index contributed by atoms with van der Waals surface area (Å²) in [5, 5.41) is 0. The van der Waals surface area contributed by atoms with Gasteiger partial charge in [-0.2, -0.15) is 0 Å². The van der Waals surface area contributed by atoms with Crippen LogP contribution in [0.4, 0.5) is 0 Å². The molecule has 0 aromatic heterocycles. The molecule has 0 aliphatic heterocycles. The molecule has 0 spiro atoms. The zero-order valence-electron chi connectivity index (χ0n) is 12.0. The third-order valence-electron chi connectivity index (χ3n) is 3.38. The van der Waals surface area contributed by atoms with Gasteiger partial charge in [0.15, 0.2) is 5.78 Å². The highest BCUT2D eigenvalue weighted by Gasteiger charge is 2.18. The van der Waals surface area contributed by atoms with Crippen LogP contribution in [0.2, 0.25) is 0 Å². The lowest BCUT2D eigenvalue weighted by molar-refractivity contribution is 0.103. The average molecular weight is 252 g/mol. The second-order valence-corrected chi connectivity index (χ2v) is 5.97. The molecule has 0 aliphatic rings. The van der Waals surface area contributed by atoms with Crippen molar-refractivity contribution >= 4 is 5.78 Å². The number of carbonyl (C=O) groups is 1. The van der Waals surface area contributed by atoms with Crippen molar-refractivity contribution in [2.24, 2.45) is 0 Å². The molecule has 0 amide bonds. The Kier molecular flexibility index (Phi) is 3.57. The van der Waals surface area contributed by atoms with Crippen molar-refractivity contribution in [2.45, 2.75) is 33.1 Å². The fourth-order valence-corrected chi connectivity index (χ4v) is 2.08. The molecule has 0 fully saturated rings. The summed E-state index contributed by atoms with van der Waals surface area (Å²) < 4.78 is 0. The van der Waals surface area contributed by atoms with Gasteiger partial charge in [0.1, 0.15) is 0 Å². The number of rotatable bonds is 2. The van der Waals surface area contributed by atoms with Crippen molar-refractivity contribution in [1.82, 2.24) is 0 Å². The number of hydrogen-bond acceptors (Lipinski definition) is 1. The van der Waals surface area contributed by atoms with Crippen LogP contribution in [-0.4, -0.2) is 5.78 Å². The summed E-state index contributed by atoms with van der Waals surface area (Å²) in [7, 11) is 0. The number of hydrogen-bond donors (Lipinski definition) is 0. The second kappa shape index (κ2) is 5.00. The number of benzene rings is 2. The molecule has 0 N–H and O–H groups in total. The Morgan fingerprint density at radius 1 is 0.947 bits per heavy atom. The van der Waals surface area contributed by atoms with E-state index in [0.717, 1.165) is 16.7 Å². The summed E-state index contributed by atoms with van der Waals surface area (Å²) in [6.07, 6.45) is 0.